The van der Waals surface area contributed by atoms with E-state index in [0.717, 1.165) is 173 Å². The number of methoxy groups -OCH3 is 4. The van der Waals surface area contributed by atoms with E-state index in [1.165, 1.54) is 343 Å². The number of phenolic OH excluding ortho intramolecular Hbond substituents is 6. The zero-order valence-electron chi connectivity index (χ0n) is 92.0. The standard InChI is InChI=1S/C27H44O2.2C26H42O2.C25H40O2.C24H38O2/c1-6-7-17-27(2,3)23-18-24(28-4)26(25(19-23)29-5)22-15-13-21(14-16-22)20-11-9-8-10-12-20;2*1-5-6-16-26(2,3)22-17-23(27)25(24(18-22)28-4)21-14-12-20(13-15-21)19-10-8-7-9-11-19;1-4-5-15-25(2,3)21-16-22(26)24(23(27)17-21)20-13-11-19(12-14-20)18-9-7-6-8-10-18;1-4-14-24(2,3)20-15-21(25)23(22(26)16-20)19-12-10-18(11-13-19)17-8-6-5-7-9-17/h18-22H,6-17H2,1-5H3;2*17-21,27H,5-16H2,1-4H3;16-20,26-27H,4-15H2,1-3H3;15-19,25-26H,4-14H2,1-3H3. The van der Waals surface area contributed by atoms with Crippen LogP contribution in [0, 0.1) is 59.2 Å². The summed E-state index contributed by atoms with van der Waals surface area (Å²) in [7, 11) is 7.17. The van der Waals surface area contributed by atoms with Crippen LogP contribution in [0.15, 0.2) is 60.7 Å². The lowest BCUT2D eigenvalue weighted by molar-refractivity contribution is 0.184. The van der Waals surface area contributed by atoms with E-state index in [0.29, 0.717) is 64.1 Å². The van der Waals surface area contributed by atoms with Crippen LogP contribution in [-0.4, -0.2) is 59.1 Å². The summed E-state index contributed by atoms with van der Waals surface area (Å²) in [5, 5.41) is 64.9. The van der Waals surface area contributed by atoms with E-state index in [-0.39, 0.29) is 27.1 Å². The van der Waals surface area contributed by atoms with E-state index in [4.69, 9.17) is 18.9 Å². The van der Waals surface area contributed by atoms with Crippen LogP contribution in [0.5, 0.6) is 57.5 Å². The fourth-order valence-corrected chi connectivity index (χ4v) is 29.0. The van der Waals surface area contributed by atoms with E-state index in [1.54, 1.807) is 14.2 Å². The third-order valence-electron chi connectivity index (χ3n) is 38.4. The number of rotatable bonds is 33. The zero-order chi connectivity index (χ0) is 99.3. The summed E-state index contributed by atoms with van der Waals surface area (Å²) >= 11 is 0. The first kappa shape index (κ1) is 112. The summed E-state index contributed by atoms with van der Waals surface area (Å²) < 4.78 is 23.5. The van der Waals surface area contributed by atoms with E-state index >= 15 is 0 Å². The molecule has 0 atom stereocenters. The van der Waals surface area contributed by atoms with Crippen molar-refractivity contribution in [1.82, 2.24) is 0 Å². The van der Waals surface area contributed by atoms with E-state index in [2.05, 4.69) is 128 Å². The van der Waals surface area contributed by atoms with Crippen molar-refractivity contribution < 1.29 is 49.6 Å². The highest BCUT2D eigenvalue weighted by atomic mass is 16.5. The monoisotopic (exact) mass is 1900 g/mol. The van der Waals surface area contributed by atoms with Crippen molar-refractivity contribution >= 4 is 0 Å². The number of ether oxygens (including phenoxy) is 4. The van der Waals surface area contributed by atoms with Crippen molar-refractivity contribution in [2.75, 3.05) is 28.4 Å². The number of benzene rings is 5. The van der Waals surface area contributed by atoms with Crippen LogP contribution in [0.3, 0.4) is 0 Å². The largest absolute Gasteiger partial charge is 0.508 e. The molecule has 10 nitrogen and oxygen atoms in total. The molecule has 10 heteroatoms. The molecule has 15 rings (SSSR count). The molecule has 6 N–H and O–H groups in total. The van der Waals surface area contributed by atoms with Gasteiger partial charge in [-0.05, 0) is 365 Å². The average Bonchev–Trinajstić information content (AvgIpc) is 0.753. The fraction of sp³-hybridized carbons (Fsp3) is 0.766. The van der Waals surface area contributed by atoms with Gasteiger partial charge in [-0.3, -0.25) is 0 Å². The summed E-state index contributed by atoms with van der Waals surface area (Å²) in [6, 6.07) is 20.8. The summed E-state index contributed by atoms with van der Waals surface area (Å²) in [5.41, 5.74) is 11.2. The Morgan fingerprint density at radius 2 is 0.355 bits per heavy atom. The average molecular weight is 1910 g/mol. The summed E-state index contributed by atoms with van der Waals surface area (Å²) in [5.74, 6) is 17.5. The molecule has 0 aliphatic heterocycles. The molecule has 5 aromatic rings. The van der Waals surface area contributed by atoms with Gasteiger partial charge in [-0.25, -0.2) is 0 Å². The summed E-state index contributed by atoms with van der Waals surface area (Å²) in [4.78, 5) is 0. The Bertz CT molecular complexity index is 4170. The second-order valence-corrected chi connectivity index (χ2v) is 50.0. The van der Waals surface area contributed by atoms with Crippen LogP contribution in [-0.2, 0) is 27.1 Å². The van der Waals surface area contributed by atoms with E-state index in [1.807, 2.05) is 50.6 Å². The molecular formula is C128H206O10. The minimum absolute atomic E-state index is 0.0118. The quantitative estimate of drug-likeness (QED) is 0.0239. The van der Waals surface area contributed by atoms with E-state index < -0.39 is 0 Å². The van der Waals surface area contributed by atoms with Gasteiger partial charge in [-0.1, -0.05) is 322 Å². The Hall–Kier alpha value is -5.90. The topological polar surface area (TPSA) is 158 Å². The molecule has 0 aromatic heterocycles. The molecule has 0 bridgehead atoms. The Kier molecular flexibility index (Phi) is 44.3. The van der Waals surface area contributed by atoms with Crippen molar-refractivity contribution in [3.8, 4) is 57.5 Å². The Morgan fingerprint density at radius 3 is 0.551 bits per heavy atom. The third-order valence-corrected chi connectivity index (χ3v) is 38.4. The number of phenols is 6. The van der Waals surface area contributed by atoms with Gasteiger partial charge in [0.05, 0.1) is 28.4 Å². The molecule has 0 spiro atoms. The van der Waals surface area contributed by atoms with Crippen LogP contribution in [0.4, 0.5) is 0 Å². The maximum Gasteiger partial charge on any atom is 0.126 e. The minimum atomic E-state index is -0.0130. The molecule has 10 fully saturated rings. The molecule has 138 heavy (non-hydrogen) atoms. The van der Waals surface area contributed by atoms with Crippen LogP contribution in [0.2, 0.25) is 0 Å². The lowest BCUT2D eigenvalue weighted by Gasteiger charge is -2.37. The maximum absolute atomic E-state index is 11.0. The van der Waals surface area contributed by atoms with Crippen molar-refractivity contribution in [1.29, 1.82) is 0 Å². The van der Waals surface area contributed by atoms with Crippen LogP contribution < -0.4 is 18.9 Å². The van der Waals surface area contributed by atoms with Crippen molar-refractivity contribution in [2.45, 2.75) is 539 Å². The molecule has 10 saturated carbocycles. The Labute approximate surface area is 845 Å². The third kappa shape index (κ3) is 30.6. The molecule has 778 valence electrons. The second-order valence-electron chi connectivity index (χ2n) is 50.0. The number of aromatic hydroxyl groups is 6. The predicted molar refractivity (Wildman–Crippen MR) is 583 cm³/mol. The number of hydrogen-bond donors (Lipinski definition) is 6. The first-order valence-corrected chi connectivity index (χ1v) is 58.5. The first-order chi connectivity index (χ1) is 66.3. The maximum atomic E-state index is 11.0. The molecule has 0 radical (unpaired) electrons. The Balaban J connectivity index is 0.000000165. The van der Waals surface area contributed by atoms with Gasteiger partial charge in [0.1, 0.15) is 57.5 Å². The highest BCUT2D eigenvalue weighted by Gasteiger charge is 2.41. The normalized spacial score (nSPS) is 24.5. The number of unbranched alkanes of at least 4 members (excludes halogenated alkanes) is 4. The van der Waals surface area contributed by atoms with Crippen LogP contribution >= 0.6 is 0 Å². The van der Waals surface area contributed by atoms with Crippen LogP contribution in [0.25, 0.3) is 0 Å². The number of hydrogen-bond acceptors (Lipinski definition) is 10. The molecule has 10 aliphatic carbocycles. The Morgan fingerprint density at radius 1 is 0.196 bits per heavy atom. The summed E-state index contributed by atoms with van der Waals surface area (Å²) in [6.07, 6.45) is 77.2. The van der Waals surface area contributed by atoms with Crippen LogP contribution in [0.1, 0.15) is 568 Å². The molecule has 5 aromatic carbocycles. The van der Waals surface area contributed by atoms with Crippen molar-refractivity contribution in [2.24, 2.45) is 59.2 Å². The highest BCUT2D eigenvalue weighted by Crippen LogP contribution is 2.57. The van der Waals surface area contributed by atoms with Gasteiger partial charge < -0.3 is 49.6 Å². The predicted octanol–water partition coefficient (Wildman–Crippen LogP) is 37.9. The van der Waals surface area contributed by atoms with Gasteiger partial charge in [-0.2, -0.15) is 0 Å². The fourth-order valence-electron chi connectivity index (χ4n) is 29.0. The minimum Gasteiger partial charge on any atom is -0.508 e. The molecule has 0 unspecified atom stereocenters. The molecule has 0 heterocycles. The van der Waals surface area contributed by atoms with Gasteiger partial charge >= 0.3 is 0 Å². The molecule has 0 amide bonds. The lowest BCUT2D eigenvalue weighted by Crippen LogP contribution is -2.23. The van der Waals surface area contributed by atoms with Gasteiger partial charge in [0.15, 0.2) is 0 Å². The smallest absolute Gasteiger partial charge is 0.126 e. The molecular weight excluding hydrogens is 1700 g/mol. The summed E-state index contributed by atoms with van der Waals surface area (Å²) in [6.45, 7) is 33.8. The van der Waals surface area contributed by atoms with Gasteiger partial charge in [0.2, 0.25) is 0 Å². The van der Waals surface area contributed by atoms with Gasteiger partial charge in [-0.15, -0.1) is 0 Å². The highest BCUT2D eigenvalue weighted by molar-refractivity contribution is 5.56. The SMILES string of the molecule is CCCC(C)(C)c1cc(O)c(C2CCC(C3CCCCC3)CC2)c(O)c1.CCCCC(C)(C)c1cc(O)c(C2CCC(C3CCCCC3)CC2)c(O)c1.CCCCC(C)(C)c1cc(O)c(C2CCC(C3CCCCC3)CC2)c(OC)c1.CCCCC(C)(C)c1cc(O)c(C2CCC(C3CCCCC3)CC2)c(OC)c1.CCCCC(C)(C)c1cc(OC)c(C2CCC(C3CCCCC3)CC2)c(OC)c1. The van der Waals surface area contributed by atoms with Gasteiger partial charge in [0.25, 0.3) is 0 Å². The van der Waals surface area contributed by atoms with E-state index in [9.17, 15) is 30.6 Å². The second kappa shape index (κ2) is 54.3. The first-order valence-electron chi connectivity index (χ1n) is 58.5. The van der Waals surface area contributed by atoms with Gasteiger partial charge in [0, 0.05) is 27.8 Å². The van der Waals surface area contributed by atoms with Crippen molar-refractivity contribution in [3.63, 3.8) is 0 Å². The lowest BCUT2D eigenvalue weighted by atomic mass is 9.69. The molecule has 0 saturated heterocycles. The molecule has 10 aliphatic rings. The van der Waals surface area contributed by atoms with Crippen molar-refractivity contribution in [3.05, 3.63) is 116 Å². The zero-order valence-corrected chi connectivity index (χ0v) is 92.0.